The first-order valence-corrected chi connectivity index (χ1v) is 7.80. The Hall–Kier alpha value is -3.68. The lowest BCUT2D eigenvalue weighted by molar-refractivity contribution is -0.137. The van der Waals surface area contributed by atoms with Gasteiger partial charge in [0.15, 0.2) is 0 Å². The molecule has 1 aromatic heterocycles. The van der Waals surface area contributed by atoms with Gasteiger partial charge in [0, 0.05) is 11.1 Å². The Balaban J connectivity index is 1.95. The van der Waals surface area contributed by atoms with Crippen LogP contribution in [-0.2, 0) is 4.79 Å². The maximum absolute atomic E-state index is 11.1. The Kier molecular flexibility index (Phi) is 4.66. The summed E-state index contributed by atoms with van der Waals surface area (Å²) < 4.78 is 0. The summed E-state index contributed by atoms with van der Waals surface area (Å²) in [6.45, 7) is 1.52. The minimum Gasteiger partial charge on any atom is -0.480 e. The van der Waals surface area contributed by atoms with Crippen LogP contribution in [0.25, 0.3) is 10.9 Å². The number of carboxylic acids is 2. The highest BCUT2D eigenvalue weighted by Crippen LogP contribution is 2.24. The second kappa shape index (κ2) is 7.06. The molecule has 0 aliphatic carbocycles. The van der Waals surface area contributed by atoms with Crippen LogP contribution in [0.5, 0.6) is 0 Å². The SMILES string of the molecule is CC(Nc1nc(Nc2ccc(C(=O)O)cc2)nc2ccccc12)C(=O)O. The molecule has 8 nitrogen and oxygen atoms in total. The van der Waals surface area contributed by atoms with Gasteiger partial charge >= 0.3 is 11.9 Å². The number of carbonyl (C=O) groups is 2. The molecule has 1 atom stereocenters. The van der Waals surface area contributed by atoms with Crippen molar-refractivity contribution in [1.82, 2.24) is 9.97 Å². The molecule has 1 heterocycles. The lowest BCUT2D eigenvalue weighted by atomic mass is 10.2. The third-order valence-electron chi connectivity index (χ3n) is 3.71. The van der Waals surface area contributed by atoms with E-state index in [1.807, 2.05) is 12.1 Å². The van der Waals surface area contributed by atoms with Crippen LogP contribution >= 0.6 is 0 Å². The van der Waals surface area contributed by atoms with Crippen molar-refractivity contribution in [2.45, 2.75) is 13.0 Å². The van der Waals surface area contributed by atoms with E-state index in [0.717, 1.165) is 0 Å². The van der Waals surface area contributed by atoms with Crippen LogP contribution in [0.2, 0.25) is 0 Å². The monoisotopic (exact) mass is 352 g/mol. The number of para-hydroxylation sites is 1. The first kappa shape index (κ1) is 17.2. The quantitative estimate of drug-likeness (QED) is 0.534. The molecule has 2 aromatic carbocycles. The van der Waals surface area contributed by atoms with E-state index in [1.165, 1.54) is 19.1 Å². The van der Waals surface area contributed by atoms with Crippen LogP contribution in [0.15, 0.2) is 48.5 Å². The van der Waals surface area contributed by atoms with Crippen LogP contribution in [0.3, 0.4) is 0 Å². The van der Waals surface area contributed by atoms with Gasteiger partial charge in [0.25, 0.3) is 0 Å². The molecule has 0 radical (unpaired) electrons. The van der Waals surface area contributed by atoms with E-state index in [2.05, 4.69) is 20.6 Å². The van der Waals surface area contributed by atoms with Gasteiger partial charge in [0.2, 0.25) is 5.95 Å². The van der Waals surface area contributed by atoms with Gasteiger partial charge in [-0.3, -0.25) is 4.79 Å². The minimum absolute atomic E-state index is 0.174. The van der Waals surface area contributed by atoms with E-state index in [9.17, 15) is 9.59 Å². The number of aromatic carboxylic acids is 1. The Labute approximate surface area is 148 Å². The molecule has 4 N–H and O–H groups in total. The van der Waals surface area contributed by atoms with Gasteiger partial charge < -0.3 is 20.8 Å². The van der Waals surface area contributed by atoms with Crippen LogP contribution in [-0.4, -0.2) is 38.2 Å². The molecule has 1 unspecified atom stereocenters. The topological polar surface area (TPSA) is 124 Å². The number of aliphatic carboxylic acids is 1. The number of anilines is 3. The van der Waals surface area contributed by atoms with Crippen molar-refractivity contribution in [3.63, 3.8) is 0 Å². The molecule has 0 fully saturated rings. The molecule has 0 aliphatic heterocycles. The molecular formula is C18H16N4O4. The summed E-state index contributed by atoms with van der Waals surface area (Å²) >= 11 is 0. The zero-order valence-corrected chi connectivity index (χ0v) is 13.8. The van der Waals surface area contributed by atoms with Gasteiger partial charge in [-0.1, -0.05) is 12.1 Å². The van der Waals surface area contributed by atoms with Crippen molar-refractivity contribution in [3.05, 3.63) is 54.1 Å². The van der Waals surface area contributed by atoms with E-state index in [-0.39, 0.29) is 11.5 Å². The largest absolute Gasteiger partial charge is 0.480 e. The van der Waals surface area contributed by atoms with E-state index >= 15 is 0 Å². The molecule has 3 aromatic rings. The van der Waals surface area contributed by atoms with Crippen molar-refractivity contribution in [2.24, 2.45) is 0 Å². The molecule has 0 bridgehead atoms. The van der Waals surface area contributed by atoms with Crippen LogP contribution in [0.1, 0.15) is 17.3 Å². The number of hydrogen-bond acceptors (Lipinski definition) is 6. The third-order valence-corrected chi connectivity index (χ3v) is 3.71. The Bertz CT molecular complexity index is 973. The molecule has 132 valence electrons. The van der Waals surface area contributed by atoms with Crippen LogP contribution < -0.4 is 10.6 Å². The highest BCUT2D eigenvalue weighted by atomic mass is 16.4. The Morgan fingerprint density at radius 3 is 2.35 bits per heavy atom. The van der Waals surface area contributed by atoms with Crippen LogP contribution in [0.4, 0.5) is 17.5 Å². The number of nitrogens with one attached hydrogen (secondary N) is 2. The average Bonchev–Trinajstić information content (AvgIpc) is 2.62. The van der Waals surface area contributed by atoms with Crippen molar-refractivity contribution in [1.29, 1.82) is 0 Å². The number of benzene rings is 2. The summed E-state index contributed by atoms with van der Waals surface area (Å²) in [4.78, 5) is 30.8. The van der Waals surface area contributed by atoms with Gasteiger partial charge in [-0.2, -0.15) is 4.98 Å². The summed E-state index contributed by atoms with van der Waals surface area (Å²) in [6, 6.07) is 12.6. The maximum atomic E-state index is 11.1. The van der Waals surface area contributed by atoms with Gasteiger partial charge in [0.05, 0.1) is 11.1 Å². The molecule has 26 heavy (non-hydrogen) atoms. The standard InChI is InChI=1S/C18H16N4O4/c1-10(16(23)24)19-15-13-4-2-3-5-14(13)21-18(22-15)20-12-8-6-11(7-9-12)17(25)26/h2-10H,1H3,(H,23,24)(H,25,26)(H2,19,20,21,22). The average molecular weight is 352 g/mol. The number of nitrogens with zero attached hydrogens (tertiary/aromatic N) is 2. The predicted octanol–water partition coefficient (Wildman–Crippen LogP) is 2.96. The molecular weight excluding hydrogens is 336 g/mol. The van der Waals surface area contributed by atoms with Crippen molar-refractivity contribution in [3.8, 4) is 0 Å². The highest BCUT2D eigenvalue weighted by molar-refractivity contribution is 5.92. The number of rotatable bonds is 6. The molecule has 0 aliphatic rings. The molecule has 3 rings (SSSR count). The number of aromatic nitrogens is 2. The van der Waals surface area contributed by atoms with Gasteiger partial charge in [-0.15, -0.1) is 0 Å². The second-order valence-corrected chi connectivity index (χ2v) is 5.62. The fraction of sp³-hybridized carbons (Fsp3) is 0.111. The smallest absolute Gasteiger partial charge is 0.335 e. The zero-order chi connectivity index (χ0) is 18.7. The first-order chi connectivity index (χ1) is 12.4. The second-order valence-electron chi connectivity index (χ2n) is 5.62. The van der Waals surface area contributed by atoms with E-state index in [1.54, 1.807) is 24.3 Å². The summed E-state index contributed by atoms with van der Waals surface area (Å²) in [5.41, 5.74) is 1.43. The Morgan fingerprint density at radius 2 is 1.69 bits per heavy atom. The molecule has 0 saturated carbocycles. The summed E-state index contributed by atoms with van der Waals surface area (Å²) in [5.74, 6) is -1.33. The summed E-state index contributed by atoms with van der Waals surface area (Å²) in [7, 11) is 0. The predicted molar refractivity (Wildman–Crippen MR) is 96.9 cm³/mol. The fourth-order valence-electron chi connectivity index (χ4n) is 2.33. The fourth-order valence-corrected chi connectivity index (χ4v) is 2.33. The molecule has 0 saturated heterocycles. The Morgan fingerprint density at radius 1 is 1.00 bits per heavy atom. The lowest BCUT2D eigenvalue weighted by Gasteiger charge is -2.14. The van der Waals surface area contributed by atoms with Crippen LogP contribution in [0, 0.1) is 0 Å². The zero-order valence-electron chi connectivity index (χ0n) is 13.8. The highest BCUT2D eigenvalue weighted by Gasteiger charge is 2.15. The number of carboxylic acid groups (broad SMARTS) is 2. The van der Waals surface area contributed by atoms with Crippen molar-refractivity contribution >= 4 is 40.3 Å². The van der Waals surface area contributed by atoms with E-state index < -0.39 is 18.0 Å². The molecule has 8 heteroatoms. The number of fused-ring (bicyclic) bond motifs is 1. The minimum atomic E-state index is -1.01. The van der Waals surface area contributed by atoms with E-state index in [4.69, 9.17) is 10.2 Å². The third kappa shape index (κ3) is 3.69. The summed E-state index contributed by atoms with van der Waals surface area (Å²) in [6.07, 6.45) is 0. The first-order valence-electron chi connectivity index (χ1n) is 7.80. The van der Waals surface area contributed by atoms with Gasteiger partial charge in [0.1, 0.15) is 11.9 Å². The summed E-state index contributed by atoms with van der Waals surface area (Å²) in [5, 5.41) is 24.6. The lowest BCUT2D eigenvalue weighted by Crippen LogP contribution is -2.26. The molecule has 0 amide bonds. The van der Waals surface area contributed by atoms with Crippen molar-refractivity contribution in [2.75, 3.05) is 10.6 Å². The van der Waals surface area contributed by atoms with E-state index in [0.29, 0.717) is 22.4 Å². The van der Waals surface area contributed by atoms with Gasteiger partial charge in [-0.25, -0.2) is 9.78 Å². The maximum Gasteiger partial charge on any atom is 0.335 e. The normalized spacial score (nSPS) is 11.7. The number of hydrogen-bond donors (Lipinski definition) is 4. The van der Waals surface area contributed by atoms with Crippen molar-refractivity contribution < 1.29 is 19.8 Å². The molecule has 0 spiro atoms. The van der Waals surface area contributed by atoms with Gasteiger partial charge in [-0.05, 0) is 43.3 Å².